The summed E-state index contributed by atoms with van der Waals surface area (Å²) in [5, 5.41) is 9.32. The summed E-state index contributed by atoms with van der Waals surface area (Å²) in [6.45, 7) is 7.20. The van der Waals surface area contributed by atoms with Crippen molar-refractivity contribution in [3.63, 3.8) is 0 Å². The van der Waals surface area contributed by atoms with Crippen LogP contribution >= 0.6 is 0 Å². The molecule has 1 aromatic carbocycles. The summed E-state index contributed by atoms with van der Waals surface area (Å²) in [4.78, 5) is 38.5. The predicted octanol–water partition coefficient (Wildman–Crippen LogP) is 2.36. The number of anilines is 1. The van der Waals surface area contributed by atoms with Crippen molar-refractivity contribution in [1.29, 1.82) is 0 Å². The van der Waals surface area contributed by atoms with Gasteiger partial charge in [-0.2, -0.15) is 5.10 Å². The zero-order chi connectivity index (χ0) is 17.6. The molecule has 3 amide bonds. The molecule has 0 unspecified atom stereocenters. The van der Waals surface area contributed by atoms with E-state index < -0.39 is 11.4 Å². The smallest absolute Gasteiger partial charge is 0.262 e. The van der Waals surface area contributed by atoms with E-state index in [2.05, 4.69) is 15.5 Å². The van der Waals surface area contributed by atoms with Gasteiger partial charge in [0.15, 0.2) is 5.82 Å². The molecule has 0 radical (unpaired) electrons. The van der Waals surface area contributed by atoms with Crippen LogP contribution in [0.4, 0.5) is 5.82 Å². The van der Waals surface area contributed by atoms with E-state index >= 15 is 0 Å². The van der Waals surface area contributed by atoms with Gasteiger partial charge in [0, 0.05) is 22.9 Å². The number of aromatic amines is 1. The first kappa shape index (κ1) is 15.9. The molecule has 1 aromatic heterocycles. The van der Waals surface area contributed by atoms with Gasteiger partial charge in [0.25, 0.3) is 17.7 Å². The number of rotatable bonds is 2. The molecule has 2 N–H and O–H groups in total. The number of aromatic nitrogens is 2. The fourth-order valence-electron chi connectivity index (χ4n) is 2.66. The number of carbonyl (C=O) groups excluding carboxylic acids is 3. The molecule has 24 heavy (non-hydrogen) atoms. The number of aryl methyl sites for hydroxylation is 1. The molecule has 1 aliphatic heterocycles. The number of hydrogen-bond acceptors (Lipinski definition) is 4. The molecular weight excluding hydrogens is 308 g/mol. The number of nitrogens with zero attached hydrogens (tertiary/aromatic N) is 2. The summed E-state index contributed by atoms with van der Waals surface area (Å²) in [6.07, 6.45) is 0. The monoisotopic (exact) mass is 326 g/mol. The van der Waals surface area contributed by atoms with Gasteiger partial charge in [0.2, 0.25) is 0 Å². The maximum absolute atomic E-state index is 12.5. The number of fused-ring (bicyclic) bond motifs is 1. The van der Waals surface area contributed by atoms with Crippen molar-refractivity contribution in [2.24, 2.45) is 0 Å². The predicted molar refractivity (Wildman–Crippen MR) is 88.0 cm³/mol. The Kier molecular flexibility index (Phi) is 3.51. The van der Waals surface area contributed by atoms with Crippen LogP contribution in [0.1, 0.15) is 57.5 Å². The topological polar surface area (TPSA) is 95.2 Å². The summed E-state index contributed by atoms with van der Waals surface area (Å²) in [5.41, 5.74) is 1.07. The maximum atomic E-state index is 12.5. The molecule has 7 heteroatoms. The molecule has 0 saturated carbocycles. The third kappa shape index (κ3) is 2.58. The van der Waals surface area contributed by atoms with Crippen LogP contribution in [0.3, 0.4) is 0 Å². The summed E-state index contributed by atoms with van der Waals surface area (Å²) in [5.74, 6) is -0.708. The number of amides is 3. The third-order valence-corrected chi connectivity index (χ3v) is 3.77. The molecule has 0 atom stereocenters. The lowest BCUT2D eigenvalue weighted by Crippen LogP contribution is -2.45. The molecule has 0 bridgehead atoms. The van der Waals surface area contributed by atoms with E-state index in [9.17, 15) is 14.4 Å². The van der Waals surface area contributed by atoms with E-state index in [1.165, 1.54) is 23.1 Å². The number of H-pyrrole nitrogens is 1. The van der Waals surface area contributed by atoms with Gasteiger partial charge in [-0.15, -0.1) is 0 Å². The molecule has 2 aromatic rings. The lowest BCUT2D eigenvalue weighted by molar-refractivity contribution is 0.0507. The van der Waals surface area contributed by atoms with Crippen LogP contribution in [0, 0.1) is 6.92 Å². The van der Waals surface area contributed by atoms with Crippen molar-refractivity contribution in [1.82, 2.24) is 15.1 Å². The number of carbonyl (C=O) groups is 3. The average Bonchev–Trinajstić information content (AvgIpc) is 3.00. The second-order valence-corrected chi connectivity index (χ2v) is 6.77. The highest BCUT2D eigenvalue weighted by Crippen LogP contribution is 2.30. The Balaban J connectivity index is 1.91. The number of imide groups is 1. The fraction of sp³-hybridized carbons (Fsp3) is 0.294. The van der Waals surface area contributed by atoms with E-state index in [0.717, 1.165) is 5.69 Å². The first-order chi connectivity index (χ1) is 11.2. The van der Waals surface area contributed by atoms with E-state index in [0.29, 0.717) is 16.9 Å². The van der Waals surface area contributed by atoms with Gasteiger partial charge in [0.1, 0.15) is 0 Å². The van der Waals surface area contributed by atoms with Crippen molar-refractivity contribution >= 4 is 23.5 Å². The summed E-state index contributed by atoms with van der Waals surface area (Å²) < 4.78 is 0. The van der Waals surface area contributed by atoms with Crippen LogP contribution in [0.5, 0.6) is 0 Å². The molecule has 0 spiro atoms. The van der Waals surface area contributed by atoms with Crippen molar-refractivity contribution in [3.05, 3.63) is 46.6 Å². The quantitative estimate of drug-likeness (QED) is 0.828. The normalized spacial score (nSPS) is 14.1. The Hall–Kier alpha value is -2.96. The standard InChI is InChI=1S/C17H18N4O3/c1-9-7-13(20-19-9)18-14(22)10-5-6-11-12(8-10)16(24)21(15(11)23)17(2,3)4/h5-8H,1-4H3,(H2,18,19,20,22). The maximum Gasteiger partial charge on any atom is 0.262 e. The van der Waals surface area contributed by atoms with Crippen LogP contribution in [0.25, 0.3) is 0 Å². The first-order valence-corrected chi connectivity index (χ1v) is 7.55. The lowest BCUT2D eigenvalue weighted by atomic mass is 10.1. The van der Waals surface area contributed by atoms with Crippen molar-refractivity contribution < 1.29 is 14.4 Å². The summed E-state index contributed by atoms with van der Waals surface area (Å²) in [6, 6.07) is 6.20. The van der Waals surface area contributed by atoms with E-state index in [1.54, 1.807) is 26.8 Å². The zero-order valence-electron chi connectivity index (χ0n) is 13.9. The van der Waals surface area contributed by atoms with Crippen molar-refractivity contribution in [2.45, 2.75) is 33.2 Å². The van der Waals surface area contributed by atoms with Crippen LogP contribution in [-0.4, -0.2) is 38.4 Å². The number of benzene rings is 1. The van der Waals surface area contributed by atoms with E-state index in [1.807, 2.05) is 6.92 Å². The van der Waals surface area contributed by atoms with Crippen LogP contribution < -0.4 is 5.32 Å². The fourth-order valence-corrected chi connectivity index (χ4v) is 2.66. The molecule has 2 heterocycles. The molecule has 0 fully saturated rings. The third-order valence-electron chi connectivity index (χ3n) is 3.77. The summed E-state index contributed by atoms with van der Waals surface area (Å²) >= 11 is 0. The highest BCUT2D eigenvalue weighted by atomic mass is 16.2. The molecule has 124 valence electrons. The second kappa shape index (κ2) is 5.30. The molecule has 0 aliphatic carbocycles. The largest absolute Gasteiger partial charge is 0.305 e. The minimum Gasteiger partial charge on any atom is -0.305 e. The first-order valence-electron chi connectivity index (χ1n) is 7.55. The number of nitrogens with one attached hydrogen (secondary N) is 2. The molecular formula is C17H18N4O3. The second-order valence-electron chi connectivity index (χ2n) is 6.77. The Bertz CT molecular complexity index is 861. The van der Waals surface area contributed by atoms with Gasteiger partial charge < -0.3 is 5.32 Å². The highest BCUT2D eigenvalue weighted by Gasteiger charge is 2.42. The Morgan fingerprint density at radius 1 is 1.12 bits per heavy atom. The number of hydrogen-bond donors (Lipinski definition) is 2. The van der Waals surface area contributed by atoms with Crippen molar-refractivity contribution in [2.75, 3.05) is 5.32 Å². The summed E-state index contributed by atoms with van der Waals surface area (Å²) in [7, 11) is 0. The zero-order valence-corrected chi connectivity index (χ0v) is 13.9. The van der Waals surface area contributed by atoms with Crippen LogP contribution in [-0.2, 0) is 0 Å². The lowest BCUT2D eigenvalue weighted by Gasteiger charge is -2.29. The minimum atomic E-state index is -0.623. The van der Waals surface area contributed by atoms with Gasteiger partial charge in [-0.25, -0.2) is 0 Å². The van der Waals surface area contributed by atoms with Crippen LogP contribution in [0.2, 0.25) is 0 Å². The Morgan fingerprint density at radius 3 is 2.38 bits per heavy atom. The van der Waals surface area contributed by atoms with Crippen molar-refractivity contribution in [3.8, 4) is 0 Å². The van der Waals surface area contributed by atoms with Gasteiger partial charge in [0.05, 0.1) is 11.1 Å². The van der Waals surface area contributed by atoms with Gasteiger partial charge in [-0.3, -0.25) is 24.4 Å². The molecule has 1 aliphatic rings. The van der Waals surface area contributed by atoms with Gasteiger partial charge >= 0.3 is 0 Å². The Labute approximate surface area is 139 Å². The van der Waals surface area contributed by atoms with E-state index in [-0.39, 0.29) is 17.4 Å². The average molecular weight is 326 g/mol. The molecule has 7 nitrogen and oxygen atoms in total. The molecule has 0 saturated heterocycles. The minimum absolute atomic E-state index is 0.251. The highest BCUT2D eigenvalue weighted by molar-refractivity contribution is 6.22. The SMILES string of the molecule is Cc1cc(NC(=O)c2ccc3c(c2)C(=O)N(C(C)(C)C)C3=O)n[nH]1. The Morgan fingerprint density at radius 2 is 1.79 bits per heavy atom. The van der Waals surface area contributed by atoms with Gasteiger partial charge in [-0.1, -0.05) is 0 Å². The molecule has 3 rings (SSSR count). The van der Waals surface area contributed by atoms with Gasteiger partial charge in [-0.05, 0) is 45.9 Å². The van der Waals surface area contributed by atoms with E-state index in [4.69, 9.17) is 0 Å². The van der Waals surface area contributed by atoms with Crippen LogP contribution in [0.15, 0.2) is 24.3 Å².